The standard InChI is InChI=1S/C12H13N3O/c13-9-10-4-5-14-11(8-10)12(16)15-6-2-1-3-7-15/h4-5,8H,1-3,6-7H2. The summed E-state index contributed by atoms with van der Waals surface area (Å²) >= 11 is 0. The van der Waals surface area contributed by atoms with Crippen molar-refractivity contribution < 1.29 is 4.79 Å². The van der Waals surface area contributed by atoms with Gasteiger partial charge in [0.2, 0.25) is 0 Å². The number of nitriles is 1. The summed E-state index contributed by atoms with van der Waals surface area (Å²) in [5.74, 6) is -0.0585. The molecule has 1 aromatic heterocycles. The van der Waals surface area contributed by atoms with Gasteiger partial charge in [-0.15, -0.1) is 0 Å². The average Bonchev–Trinajstić information content (AvgIpc) is 2.39. The van der Waals surface area contributed by atoms with Gasteiger partial charge in [-0.2, -0.15) is 5.26 Å². The molecule has 1 aromatic rings. The number of rotatable bonds is 1. The lowest BCUT2D eigenvalue weighted by molar-refractivity contribution is 0.0718. The molecule has 0 bridgehead atoms. The van der Waals surface area contributed by atoms with Crippen molar-refractivity contribution in [2.24, 2.45) is 0 Å². The molecule has 1 fully saturated rings. The summed E-state index contributed by atoms with van der Waals surface area (Å²) in [5.41, 5.74) is 0.858. The van der Waals surface area contributed by atoms with Crippen LogP contribution in [0, 0.1) is 11.3 Å². The summed E-state index contributed by atoms with van der Waals surface area (Å²) in [6, 6.07) is 5.17. The molecular weight excluding hydrogens is 202 g/mol. The summed E-state index contributed by atoms with van der Waals surface area (Å²) in [6.45, 7) is 1.61. The molecule has 1 aliphatic rings. The predicted molar refractivity (Wildman–Crippen MR) is 58.7 cm³/mol. The molecule has 0 radical (unpaired) electrons. The molecule has 0 atom stereocenters. The summed E-state index contributed by atoms with van der Waals surface area (Å²) in [7, 11) is 0. The second-order valence-corrected chi connectivity index (χ2v) is 3.89. The zero-order chi connectivity index (χ0) is 11.4. The van der Waals surface area contributed by atoms with Crippen molar-refractivity contribution in [1.82, 2.24) is 9.88 Å². The van der Waals surface area contributed by atoms with Crippen molar-refractivity contribution in [1.29, 1.82) is 5.26 Å². The van der Waals surface area contributed by atoms with E-state index in [9.17, 15) is 4.79 Å². The summed E-state index contributed by atoms with van der Waals surface area (Å²) in [5, 5.41) is 8.75. The van der Waals surface area contributed by atoms with E-state index in [1.165, 1.54) is 12.6 Å². The van der Waals surface area contributed by atoms with Gasteiger partial charge in [-0.1, -0.05) is 0 Å². The number of nitrogens with zero attached hydrogens (tertiary/aromatic N) is 3. The number of hydrogen-bond acceptors (Lipinski definition) is 3. The molecule has 1 amide bonds. The predicted octanol–water partition coefficient (Wildman–Crippen LogP) is 1.58. The van der Waals surface area contributed by atoms with Crippen LogP contribution in [0.15, 0.2) is 18.3 Å². The smallest absolute Gasteiger partial charge is 0.272 e. The van der Waals surface area contributed by atoms with Crippen LogP contribution in [0.25, 0.3) is 0 Å². The third kappa shape index (κ3) is 2.19. The minimum absolute atomic E-state index is 0.0585. The van der Waals surface area contributed by atoms with Gasteiger partial charge in [0.25, 0.3) is 5.91 Å². The molecule has 4 nitrogen and oxygen atoms in total. The molecular formula is C12H13N3O. The largest absolute Gasteiger partial charge is 0.337 e. The fourth-order valence-corrected chi connectivity index (χ4v) is 1.88. The number of carbonyl (C=O) groups excluding carboxylic acids is 1. The van der Waals surface area contributed by atoms with Crippen molar-refractivity contribution in [3.8, 4) is 6.07 Å². The number of pyridine rings is 1. The third-order valence-electron chi connectivity index (χ3n) is 2.75. The van der Waals surface area contributed by atoms with E-state index in [2.05, 4.69) is 4.98 Å². The maximum absolute atomic E-state index is 12.0. The Labute approximate surface area is 94.5 Å². The van der Waals surface area contributed by atoms with Crippen molar-refractivity contribution in [3.05, 3.63) is 29.6 Å². The highest BCUT2D eigenvalue weighted by Crippen LogP contribution is 2.12. The molecule has 2 rings (SSSR count). The summed E-state index contributed by atoms with van der Waals surface area (Å²) in [6.07, 6.45) is 4.82. The van der Waals surface area contributed by atoms with Gasteiger partial charge >= 0.3 is 0 Å². The highest BCUT2D eigenvalue weighted by atomic mass is 16.2. The number of hydrogen-bond donors (Lipinski definition) is 0. The highest BCUT2D eigenvalue weighted by molar-refractivity contribution is 5.92. The van der Waals surface area contributed by atoms with Gasteiger partial charge in [0.15, 0.2) is 0 Å². The zero-order valence-corrected chi connectivity index (χ0v) is 9.02. The lowest BCUT2D eigenvalue weighted by Gasteiger charge is -2.26. The first-order valence-electron chi connectivity index (χ1n) is 5.46. The molecule has 82 valence electrons. The number of aromatic nitrogens is 1. The monoisotopic (exact) mass is 215 g/mol. The Hall–Kier alpha value is -1.89. The summed E-state index contributed by atoms with van der Waals surface area (Å²) < 4.78 is 0. The molecule has 1 aliphatic heterocycles. The molecule has 0 saturated carbocycles. The van der Waals surface area contributed by atoms with Crippen molar-refractivity contribution in [2.45, 2.75) is 19.3 Å². The molecule has 0 N–H and O–H groups in total. The van der Waals surface area contributed by atoms with E-state index in [1.807, 2.05) is 11.0 Å². The Morgan fingerprint density at radius 3 is 2.81 bits per heavy atom. The second-order valence-electron chi connectivity index (χ2n) is 3.89. The maximum atomic E-state index is 12.0. The van der Waals surface area contributed by atoms with Crippen molar-refractivity contribution in [3.63, 3.8) is 0 Å². The van der Waals surface area contributed by atoms with E-state index >= 15 is 0 Å². The lowest BCUT2D eigenvalue weighted by Crippen LogP contribution is -2.36. The molecule has 2 heterocycles. The summed E-state index contributed by atoms with van der Waals surface area (Å²) in [4.78, 5) is 17.9. The Kier molecular flexibility index (Phi) is 3.16. The Bertz CT molecular complexity index is 430. The van der Waals surface area contributed by atoms with E-state index in [1.54, 1.807) is 12.1 Å². The van der Waals surface area contributed by atoms with Crippen LogP contribution in [0.5, 0.6) is 0 Å². The van der Waals surface area contributed by atoms with Crippen LogP contribution in [-0.4, -0.2) is 28.9 Å². The van der Waals surface area contributed by atoms with E-state index in [4.69, 9.17) is 5.26 Å². The first-order chi connectivity index (χ1) is 7.81. The number of amides is 1. The fourth-order valence-electron chi connectivity index (χ4n) is 1.88. The van der Waals surface area contributed by atoms with Gasteiger partial charge in [0.05, 0.1) is 11.6 Å². The Morgan fingerprint density at radius 1 is 1.38 bits per heavy atom. The van der Waals surface area contributed by atoms with E-state index in [0.717, 1.165) is 25.9 Å². The molecule has 1 saturated heterocycles. The lowest BCUT2D eigenvalue weighted by atomic mass is 10.1. The quantitative estimate of drug-likeness (QED) is 0.714. The normalized spacial score (nSPS) is 15.6. The minimum Gasteiger partial charge on any atom is -0.337 e. The van der Waals surface area contributed by atoms with E-state index in [-0.39, 0.29) is 5.91 Å². The molecule has 0 spiro atoms. The highest BCUT2D eigenvalue weighted by Gasteiger charge is 2.19. The molecule has 0 unspecified atom stereocenters. The third-order valence-corrected chi connectivity index (χ3v) is 2.75. The zero-order valence-electron chi connectivity index (χ0n) is 9.02. The molecule has 4 heteroatoms. The molecule has 0 aromatic carbocycles. The van der Waals surface area contributed by atoms with Crippen LogP contribution < -0.4 is 0 Å². The van der Waals surface area contributed by atoms with Gasteiger partial charge in [0, 0.05) is 19.3 Å². The van der Waals surface area contributed by atoms with E-state index < -0.39 is 0 Å². The van der Waals surface area contributed by atoms with Crippen LogP contribution >= 0.6 is 0 Å². The second kappa shape index (κ2) is 4.75. The Morgan fingerprint density at radius 2 is 2.12 bits per heavy atom. The molecule has 16 heavy (non-hydrogen) atoms. The van der Waals surface area contributed by atoms with Gasteiger partial charge in [-0.25, -0.2) is 0 Å². The minimum atomic E-state index is -0.0585. The van der Waals surface area contributed by atoms with Crippen LogP contribution in [0.2, 0.25) is 0 Å². The SMILES string of the molecule is N#Cc1ccnc(C(=O)N2CCCCC2)c1. The first kappa shape index (κ1) is 10.6. The van der Waals surface area contributed by atoms with Crippen molar-refractivity contribution in [2.75, 3.05) is 13.1 Å². The Balaban J connectivity index is 2.16. The topological polar surface area (TPSA) is 57.0 Å². The van der Waals surface area contributed by atoms with E-state index in [0.29, 0.717) is 11.3 Å². The fraction of sp³-hybridized carbons (Fsp3) is 0.417. The maximum Gasteiger partial charge on any atom is 0.272 e. The number of likely N-dealkylation sites (tertiary alicyclic amines) is 1. The van der Waals surface area contributed by atoms with Gasteiger partial charge in [0.1, 0.15) is 5.69 Å². The van der Waals surface area contributed by atoms with Crippen LogP contribution in [0.3, 0.4) is 0 Å². The van der Waals surface area contributed by atoms with Gasteiger partial charge in [-0.05, 0) is 31.4 Å². The van der Waals surface area contributed by atoms with Gasteiger partial charge in [-0.3, -0.25) is 9.78 Å². The average molecular weight is 215 g/mol. The van der Waals surface area contributed by atoms with Crippen molar-refractivity contribution >= 4 is 5.91 Å². The molecule has 0 aliphatic carbocycles. The number of piperidine rings is 1. The first-order valence-corrected chi connectivity index (χ1v) is 5.46. The number of carbonyl (C=O) groups is 1. The van der Waals surface area contributed by atoms with Gasteiger partial charge < -0.3 is 4.90 Å². The van der Waals surface area contributed by atoms with Crippen LogP contribution in [0.4, 0.5) is 0 Å². The van der Waals surface area contributed by atoms with Crippen LogP contribution in [-0.2, 0) is 0 Å². The van der Waals surface area contributed by atoms with Crippen LogP contribution in [0.1, 0.15) is 35.3 Å².